The number of pyridine rings is 1. The molecule has 0 aliphatic heterocycles. The molecule has 0 spiro atoms. The molecule has 3 N–H and O–H groups in total. The van der Waals surface area contributed by atoms with Crippen molar-refractivity contribution < 1.29 is 5.11 Å². The molecule has 5 heteroatoms. The highest BCUT2D eigenvalue weighted by Gasteiger charge is 2.21. The maximum absolute atomic E-state index is 9.34. The molecule has 24 heavy (non-hydrogen) atoms. The van der Waals surface area contributed by atoms with Gasteiger partial charge in [-0.1, -0.05) is 18.2 Å². The van der Waals surface area contributed by atoms with Crippen molar-refractivity contribution in [3.05, 3.63) is 60.0 Å². The minimum atomic E-state index is 0.0538. The highest BCUT2D eigenvalue weighted by Crippen LogP contribution is 2.36. The molecule has 4 rings (SSSR count). The minimum Gasteiger partial charge on any atom is -0.394 e. The van der Waals surface area contributed by atoms with E-state index in [4.69, 9.17) is 5.73 Å². The molecule has 1 unspecified atom stereocenters. The van der Waals surface area contributed by atoms with Gasteiger partial charge in [-0.05, 0) is 41.7 Å². The SMILES string of the molecule is NC1CCc2cc(-c3cnn(CCO)c3-c3ccncc3)ccc21. The monoisotopic (exact) mass is 320 g/mol. The lowest BCUT2D eigenvalue weighted by Gasteiger charge is -2.11. The van der Waals surface area contributed by atoms with Gasteiger partial charge in [-0.15, -0.1) is 0 Å². The van der Waals surface area contributed by atoms with Crippen LogP contribution in [0, 0.1) is 0 Å². The number of aliphatic hydroxyl groups excluding tert-OH is 1. The van der Waals surface area contributed by atoms with Gasteiger partial charge >= 0.3 is 0 Å². The third-order valence-corrected chi connectivity index (χ3v) is 4.68. The summed E-state index contributed by atoms with van der Waals surface area (Å²) in [6, 6.07) is 10.6. The lowest BCUT2D eigenvalue weighted by atomic mass is 9.98. The molecular formula is C19H20N4O. The lowest BCUT2D eigenvalue weighted by Crippen LogP contribution is -2.06. The summed E-state index contributed by atoms with van der Waals surface area (Å²) in [5.41, 5.74) is 13.0. The molecule has 2 heterocycles. The van der Waals surface area contributed by atoms with Crippen molar-refractivity contribution in [3.8, 4) is 22.4 Å². The first-order valence-corrected chi connectivity index (χ1v) is 8.24. The predicted octanol–water partition coefficient (Wildman–Crippen LogP) is 2.55. The number of aliphatic hydroxyl groups is 1. The minimum absolute atomic E-state index is 0.0538. The lowest BCUT2D eigenvalue weighted by molar-refractivity contribution is 0.270. The Morgan fingerprint density at radius 1 is 1.17 bits per heavy atom. The molecule has 1 aliphatic carbocycles. The smallest absolute Gasteiger partial charge is 0.0762 e. The van der Waals surface area contributed by atoms with Crippen molar-refractivity contribution in [1.29, 1.82) is 0 Å². The number of hydrogen-bond acceptors (Lipinski definition) is 4. The number of aryl methyl sites for hydroxylation is 1. The molecule has 0 radical (unpaired) electrons. The van der Waals surface area contributed by atoms with Crippen LogP contribution >= 0.6 is 0 Å². The third-order valence-electron chi connectivity index (χ3n) is 4.68. The molecule has 3 aromatic rings. The Kier molecular flexibility index (Phi) is 3.88. The van der Waals surface area contributed by atoms with Crippen LogP contribution in [0.1, 0.15) is 23.6 Å². The Morgan fingerprint density at radius 2 is 2.00 bits per heavy atom. The second-order valence-electron chi connectivity index (χ2n) is 6.15. The largest absolute Gasteiger partial charge is 0.394 e. The Labute approximate surface area is 140 Å². The van der Waals surface area contributed by atoms with Gasteiger partial charge in [0, 0.05) is 29.6 Å². The van der Waals surface area contributed by atoms with Crippen LogP contribution < -0.4 is 5.73 Å². The Bertz CT molecular complexity index is 857. The first kappa shape index (κ1) is 15.1. The second kappa shape index (κ2) is 6.19. The van der Waals surface area contributed by atoms with Crippen molar-refractivity contribution in [1.82, 2.24) is 14.8 Å². The fraction of sp³-hybridized carbons (Fsp3) is 0.263. The van der Waals surface area contributed by atoms with Crippen molar-refractivity contribution in [2.75, 3.05) is 6.61 Å². The van der Waals surface area contributed by atoms with Gasteiger partial charge < -0.3 is 10.8 Å². The van der Waals surface area contributed by atoms with E-state index in [0.717, 1.165) is 35.2 Å². The summed E-state index contributed by atoms with van der Waals surface area (Å²) in [5, 5.41) is 13.8. The van der Waals surface area contributed by atoms with Crippen LogP contribution in [0.3, 0.4) is 0 Å². The quantitative estimate of drug-likeness (QED) is 0.774. The Balaban J connectivity index is 1.84. The van der Waals surface area contributed by atoms with Crippen molar-refractivity contribution in [2.24, 2.45) is 5.73 Å². The molecule has 0 saturated carbocycles. The van der Waals surface area contributed by atoms with Crippen molar-refractivity contribution >= 4 is 0 Å². The predicted molar refractivity (Wildman–Crippen MR) is 93.2 cm³/mol. The number of aromatic nitrogens is 3. The highest BCUT2D eigenvalue weighted by atomic mass is 16.3. The summed E-state index contributed by atoms with van der Waals surface area (Å²) in [7, 11) is 0. The van der Waals surface area contributed by atoms with Crippen LogP contribution in [0.25, 0.3) is 22.4 Å². The third kappa shape index (κ3) is 2.52. The van der Waals surface area contributed by atoms with E-state index >= 15 is 0 Å². The van der Waals surface area contributed by atoms with Crippen LogP contribution in [0.15, 0.2) is 48.9 Å². The fourth-order valence-corrected chi connectivity index (χ4v) is 3.49. The maximum atomic E-state index is 9.34. The number of nitrogens with two attached hydrogens (primary N) is 1. The number of rotatable bonds is 4. The molecule has 0 bridgehead atoms. The van der Waals surface area contributed by atoms with Gasteiger partial charge in [0.05, 0.1) is 25.0 Å². The van der Waals surface area contributed by atoms with Crippen LogP contribution in [-0.4, -0.2) is 26.5 Å². The normalized spacial score (nSPS) is 16.3. The van der Waals surface area contributed by atoms with Gasteiger partial charge in [0.1, 0.15) is 0 Å². The van der Waals surface area contributed by atoms with E-state index in [1.165, 1.54) is 11.1 Å². The van der Waals surface area contributed by atoms with Gasteiger partial charge in [-0.3, -0.25) is 9.67 Å². The van der Waals surface area contributed by atoms with Gasteiger partial charge in [0.25, 0.3) is 0 Å². The molecule has 0 amide bonds. The number of fused-ring (bicyclic) bond motifs is 1. The zero-order valence-electron chi connectivity index (χ0n) is 13.4. The fourth-order valence-electron chi connectivity index (χ4n) is 3.49. The summed E-state index contributed by atoms with van der Waals surface area (Å²) in [4.78, 5) is 4.10. The zero-order valence-corrected chi connectivity index (χ0v) is 13.4. The average molecular weight is 320 g/mol. The van der Waals surface area contributed by atoms with Gasteiger partial charge in [0.15, 0.2) is 0 Å². The summed E-state index contributed by atoms with van der Waals surface area (Å²) in [6.07, 6.45) is 7.47. The summed E-state index contributed by atoms with van der Waals surface area (Å²) < 4.78 is 1.85. The van der Waals surface area contributed by atoms with E-state index in [1.807, 2.05) is 23.0 Å². The van der Waals surface area contributed by atoms with E-state index in [0.29, 0.717) is 6.54 Å². The Morgan fingerprint density at radius 3 is 2.79 bits per heavy atom. The number of benzene rings is 1. The molecule has 1 aliphatic rings. The Hall–Kier alpha value is -2.50. The van der Waals surface area contributed by atoms with E-state index in [1.54, 1.807) is 12.4 Å². The van der Waals surface area contributed by atoms with Gasteiger partial charge in [0.2, 0.25) is 0 Å². The highest BCUT2D eigenvalue weighted by molar-refractivity contribution is 5.81. The molecule has 5 nitrogen and oxygen atoms in total. The standard InChI is InChI=1S/C19H20N4O/c20-18-4-2-14-11-15(1-3-16(14)18)17-12-22-23(9-10-24)19(17)13-5-7-21-8-6-13/h1,3,5-8,11-12,18,24H,2,4,9-10,20H2. The van der Waals surface area contributed by atoms with Crippen LogP contribution in [0.2, 0.25) is 0 Å². The zero-order chi connectivity index (χ0) is 16.5. The summed E-state index contributed by atoms with van der Waals surface area (Å²) in [6.45, 7) is 0.520. The van der Waals surface area contributed by atoms with E-state index in [9.17, 15) is 5.11 Å². The molecule has 1 atom stereocenters. The van der Waals surface area contributed by atoms with Crippen LogP contribution in [-0.2, 0) is 13.0 Å². The van der Waals surface area contributed by atoms with Gasteiger partial charge in [-0.25, -0.2) is 0 Å². The van der Waals surface area contributed by atoms with Crippen molar-refractivity contribution in [3.63, 3.8) is 0 Å². The molecule has 1 aromatic carbocycles. The van der Waals surface area contributed by atoms with Crippen LogP contribution in [0.5, 0.6) is 0 Å². The molecule has 0 fully saturated rings. The first-order valence-electron chi connectivity index (χ1n) is 8.24. The summed E-state index contributed by atoms with van der Waals surface area (Å²) in [5.74, 6) is 0. The van der Waals surface area contributed by atoms with Gasteiger partial charge in [-0.2, -0.15) is 5.10 Å². The second-order valence-corrected chi connectivity index (χ2v) is 6.15. The van der Waals surface area contributed by atoms with E-state index < -0.39 is 0 Å². The van der Waals surface area contributed by atoms with Crippen molar-refractivity contribution in [2.45, 2.75) is 25.4 Å². The molecule has 0 saturated heterocycles. The average Bonchev–Trinajstić information content (AvgIpc) is 3.20. The molecule has 122 valence electrons. The number of hydrogen-bond donors (Lipinski definition) is 2. The molecule has 2 aromatic heterocycles. The number of nitrogens with zero attached hydrogens (tertiary/aromatic N) is 3. The molecular weight excluding hydrogens is 300 g/mol. The maximum Gasteiger partial charge on any atom is 0.0762 e. The topological polar surface area (TPSA) is 77.0 Å². The first-order chi connectivity index (χ1) is 11.8. The van der Waals surface area contributed by atoms with E-state index in [-0.39, 0.29) is 12.6 Å². The van der Waals surface area contributed by atoms with Crippen LogP contribution in [0.4, 0.5) is 0 Å². The van der Waals surface area contributed by atoms with E-state index in [2.05, 4.69) is 28.3 Å². The summed E-state index contributed by atoms with van der Waals surface area (Å²) >= 11 is 0.